The number of halogens is 1. The monoisotopic (exact) mass is 466 g/mol. The lowest BCUT2D eigenvalue weighted by Gasteiger charge is -2.24. The highest BCUT2D eigenvalue weighted by Crippen LogP contribution is 2.42. The molecule has 2 aromatic carbocycles. The Kier molecular flexibility index (Phi) is 5.42. The number of aromatic nitrogens is 1. The van der Waals surface area contributed by atoms with Gasteiger partial charge in [-0.15, -0.1) is 11.3 Å². The number of aliphatic hydroxyl groups is 1. The number of nitrogens with zero attached hydrogens (tertiary/aromatic N) is 2. The van der Waals surface area contributed by atoms with Gasteiger partial charge in [-0.1, -0.05) is 64.5 Å². The van der Waals surface area contributed by atoms with Gasteiger partial charge < -0.3 is 5.11 Å². The Labute approximate surface area is 179 Å². The lowest BCUT2D eigenvalue weighted by atomic mass is 9.96. The van der Waals surface area contributed by atoms with Crippen LogP contribution in [0.1, 0.15) is 17.2 Å². The van der Waals surface area contributed by atoms with Crippen LogP contribution in [0.4, 0.5) is 5.13 Å². The van der Waals surface area contributed by atoms with E-state index in [0.717, 1.165) is 10.0 Å². The molecule has 2 heterocycles. The maximum atomic E-state index is 13.0. The number of amides is 1. The fourth-order valence-corrected chi connectivity index (χ4v) is 4.29. The van der Waals surface area contributed by atoms with Crippen LogP contribution >= 0.6 is 27.3 Å². The van der Waals surface area contributed by atoms with Gasteiger partial charge in [-0.05, 0) is 29.3 Å². The molecule has 0 bridgehead atoms. The second-order valence-corrected chi connectivity index (χ2v) is 8.11. The van der Waals surface area contributed by atoms with Crippen LogP contribution < -0.4 is 4.90 Å². The summed E-state index contributed by atoms with van der Waals surface area (Å²) in [6.45, 7) is 0. The van der Waals surface area contributed by atoms with E-state index in [1.165, 1.54) is 22.3 Å². The summed E-state index contributed by atoms with van der Waals surface area (Å²) in [6, 6.07) is 15.9. The van der Waals surface area contributed by atoms with Crippen molar-refractivity contribution in [2.45, 2.75) is 6.04 Å². The summed E-state index contributed by atoms with van der Waals surface area (Å²) in [5, 5.41) is 12.8. The van der Waals surface area contributed by atoms with Crippen molar-refractivity contribution in [1.29, 1.82) is 0 Å². The van der Waals surface area contributed by atoms with Gasteiger partial charge >= 0.3 is 0 Å². The molecular weight excluding hydrogens is 452 g/mol. The summed E-state index contributed by atoms with van der Waals surface area (Å²) in [7, 11) is 0. The zero-order valence-corrected chi connectivity index (χ0v) is 17.4. The molecule has 0 fully saturated rings. The van der Waals surface area contributed by atoms with E-state index in [1.54, 1.807) is 17.7 Å². The van der Waals surface area contributed by atoms with Crippen LogP contribution in [0.15, 0.2) is 88.1 Å². The first-order valence-corrected chi connectivity index (χ1v) is 10.4. The Morgan fingerprint density at radius 3 is 2.66 bits per heavy atom. The number of benzene rings is 2. The summed E-state index contributed by atoms with van der Waals surface area (Å²) in [4.78, 5) is 31.5. The number of hydrogen-bond donors (Lipinski definition) is 1. The van der Waals surface area contributed by atoms with Gasteiger partial charge in [-0.25, -0.2) is 4.98 Å². The molecule has 1 aromatic heterocycles. The highest BCUT2D eigenvalue weighted by Gasteiger charge is 2.44. The van der Waals surface area contributed by atoms with Gasteiger partial charge in [0.15, 0.2) is 16.7 Å². The normalized spacial score (nSPS) is 16.8. The number of aliphatic hydroxyl groups excluding tert-OH is 1. The van der Waals surface area contributed by atoms with E-state index in [9.17, 15) is 14.7 Å². The van der Waals surface area contributed by atoms with E-state index in [2.05, 4.69) is 20.9 Å². The minimum Gasteiger partial charge on any atom is -0.503 e. The third-order valence-electron chi connectivity index (χ3n) is 4.49. The van der Waals surface area contributed by atoms with Crippen LogP contribution in [0.25, 0.3) is 6.08 Å². The summed E-state index contributed by atoms with van der Waals surface area (Å²) >= 11 is 4.70. The molecule has 5 nitrogen and oxygen atoms in total. The fourth-order valence-electron chi connectivity index (χ4n) is 3.21. The molecular formula is C22H15BrN2O3S. The van der Waals surface area contributed by atoms with Crippen LogP contribution in [0.3, 0.4) is 0 Å². The van der Waals surface area contributed by atoms with Crippen LogP contribution in [0.2, 0.25) is 0 Å². The molecule has 1 amide bonds. The maximum absolute atomic E-state index is 13.0. The second kappa shape index (κ2) is 8.14. The Bertz CT molecular complexity index is 1120. The van der Waals surface area contributed by atoms with Crippen LogP contribution in [-0.4, -0.2) is 21.8 Å². The molecule has 1 aliphatic heterocycles. The summed E-state index contributed by atoms with van der Waals surface area (Å²) in [5.41, 5.74) is 1.58. The van der Waals surface area contributed by atoms with Gasteiger partial charge in [-0.2, -0.15) is 0 Å². The largest absolute Gasteiger partial charge is 0.503 e. The van der Waals surface area contributed by atoms with Gasteiger partial charge in [0, 0.05) is 16.0 Å². The summed E-state index contributed by atoms with van der Waals surface area (Å²) in [6.07, 6.45) is 4.62. The Morgan fingerprint density at radius 2 is 1.97 bits per heavy atom. The predicted octanol–water partition coefficient (Wildman–Crippen LogP) is 5.09. The topological polar surface area (TPSA) is 70.5 Å². The van der Waals surface area contributed by atoms with Gasteiger partial charge in [0.1, 0.15) is 0 Å². The van der Waals surface area contributed by atoms with Crippen molar-refractivity contribution in [2.75, 3.05) is 4.90 Å². The van der Waals surface area contributed by atoms with Crippen molar-refractivity contribution >= 4 is 50.2 Å². The van der Waals surface area contributed by atoms with Crippen LogP contribution in [0, 0.1) is 0 Å². The first kappa shape index (κ1) is 19.3. The van der Waals surface area contributed by atoms with E-state index >= 15 is 0 Å². The van der Waals surface area contributed by atoms with E-state index in [1.807, 2.05) is 54.6 Å². The number of rotatable bonds is 5. The molecule has 1 atom stereocenters. The van der Waals surface area contributed by atoms with Gasteiger partial charge in [0.25, 0.3) is 5.91 Å². The molecule has 0 spiro atoms. The number of carbonyl (C=O) groups is 2. The van der Waals surface area contributed by atoms with E-state index in [-0.39, 0.29) is 5.57 Å². The molecule has 144 valence electrons. The van der Waals surface area contributed by atoms with E-state index in [0.29, 0.717) is 10.7 Å². The van der Waals surface area contributed by atoms with Crippen molar-refractivity contribution in [3.63, 3.8) is 0 Å². The zero-order chi connectivity index (χ0) is 20.4. The molecule has 0 saturated heterocycles. The molecule has 1 aliphatic rings. The Balaban J connectivity index is 1.78. The number of thiazole rings is 1. The minimum atomic E-state index is -0.765. The first-order chi connectivity index (χ1) is 14.1. The molecule has 1 unspecified atom stereocenters. The van der Waals surface area contributed by atoms with Crippen molar-refractivity contribution in [3.8, 4) is 0 Å². The molecule has 3 aromatic rings. The van der Waals surface area contributed by atoms with Gasteiger partial charge in [-0.3, -0.25) is 14.5 Å². The molecule has 29 heavy (non-hydrogen) atoms. The summed E-state index contributed by atoms with van der Waals surface area (Å²) in [5.74, 6) is -1.61. The first-order valence-electron chi connectivity index (χ1n) is 8.75. The average molecular weight is 467 g/mol. The lowest BCUT2D eigenvalue weighted by Crippen LogP contribution is -2.30. The lowest BCUT2D eigenvalue weighted by molar-refractivity contribution is -0.117. The number of hydrogen-bond acceptors (Lipinski definition) is 5. The quantitative estimate of drug-likeness (QED) is 0.531. The number of carbonyl (C=O) groups excluding carboxylic acids is 2. The second-order valence-electron chi connectivity index (χ2n) is 6.32. The van der Waals surface area contributed by atoms with Gasteiger partial charge in [0.05, 0.1) is 11.6 Å². The van der Waals surface area contributed by atoms with Crippen molar-refractivity contribution in [1.82, 2.24) is 4.98 Å². The smallest absolute Gasteiger partial charge is 0.296 e. The highest BCUT2D eigenvalue weighted by atomic mass is 79.9. The number of ketones is 1. The molecule has 0 aliphatic carbocycles. The molecule has 1 N–H and O–H groups in total. The summed E-state index contributed by atoms with van der Waals surface area (Å²) < 4.78 is 0.805. The standard InChI is InChI=1S/C22H15BrN2O3S/c23-16-8-4-7-15(13-16)19-18(17(26)10-9-14-5-2-1-3-6-14)20(27)21(28)25(19)22-24-11-12-29-22/h1-13,19,27H/b10-9+. The average Bonchev–Trinajstić information content (AvgIpc) is 3.34. The molecule has 0 saturated carbocycles. The van der Waals surface area contributed by atoms with Crippen LogP contribution in [0.5, 0.6) is 0 Å². The molecule has 7 heteroatoms. The third kappa shape index (κ3) is 3.79. The molecule has 4 rings (SSSR count). The minimum absolute atomic E-state index is 0.0375. The fraction of sp³-hybridized carbons (Fsp3) is 0.0455. The number of allylic oxidation sites excluding steroid dienone is 1. The van der Waals surface area contributed by atoms with Crippen molar-refractivity contribution in [2.24, 2.45) is 0 Å². The van der Waals surface area contributed by atoms with Crippen molar-refractivity contribution in [3.05, 3.63) is 99.2 Å². The van der Waals surface area contributed by atoms with Crippen molar-refractivity contribution < 1.29 is 14.7 Å². The van der Waals surface area contributed by atoms with E-state index < -0.39 is 23.5 Å². The maximum Gasteiger partial charge on any atom is 0.296 e. The SMILES string of the molecule is O=C(/C=C/c1ccccc1)C1=C(O)C(=O)N(c2nccs2)C1c1cccc(Br)c1. The Hall–Kier alpha value is -3.03. The zero-order valence-electron chi connectivity index (χ0n) is 15.0. The Morgan fingerprint density at radius 1 is 1.17 bits per heavy atom. The highest BCUT2D eigenvalue weighted by molar-refractivity contribution is 9.10. The third-order valence-corrected chi connectivity index (χ3v) is 5.75. The van der Waals surface area contributed by atoms with Crippen LogP contribution in [-0.2, 0) is 9.59 Å². The van der Waals surface area contributed by atoms with E-state index in [4.69, 9.17) is 0 Å². The van der Waals surface area contributed by atoms with Gasteiger partial charge in [0.2, 0.25) is 0 Å². The number of anilines is 1. The predicted molar refractivity (Wildman–Crippen MR) is 117 cm³/mol. The molecule has 0 radical (unpaired) electrons.